The average molecular weight is 354 g/mol. The van der Waals surface area contributed by atoms with E-state index in [2.05, 4.69) is 26.6 Å². The lowest BCUT2D eigenvalue weighted by Crippen LogP contribution is -2.49. The molecule has 2 heterocycles. The predicted molar refractivity (Wildman–Crippen MR) is 75.7 cm³/mol. The summed E-state index contributed by atoms with van der Waals surface area (Å²) in [6, 6.07) is 4.00. The van der Waals surface area contributed by atoms with Crippen molar-refractivity contribution in [3.63, 3.8) is 0 Å². The number of halogens is 1. The molecule has 7 nitrogen and oxygen atoms in total. The van der Waals surface area contributed by atoms with Crippen LogP contribution in [0.5, 0.6) is 5.75 Å². The molecular weight excluding hydrogens is 342 g/mol. The Morgan fingerprint density at radius 2 is 2.14 bits per heavy atom. The molecule has 0 aliphatic carbocycles. The zero-order valence-corrected chi connectivity index (χ0v) is 12.4. The van der Waals surface area contributed by atoms with Crippen LogP contribution in [0.1, 0.15) is 16.8 Å². The smallest absolute Gasteiger partial charge is 0.322 e. The number of carbonyl (C=O) groups is 3. The van der Waals surface area contributed by atoms with Crippen LogP contribution in [0, 0.1) is 0 Å². The van der Waals surface area contributed by atoms with E-state index in [1.54, 1.807) is 12.1 Å². The third kappa shape index (κ3) is 2.25. The van der Waals surface area contributed by atoms with Gasteiger partial charge in [0.1, 0.15) is 11.3 Å². The third-order valence-corrected chi connectivity index (χ3v) is 4.43. The lowest BCUT2D eigenvalue weighted by molar-refractivity contribution is -0.123. The summed E-state index contributed by atoms with van der Waals surface area (Å²) in [6.07, 6.45) is 0.374. The first-order chi connectivity index (χ1) is 9.91. The monoisotopic (exact) mass is 353 g/mol. The van der Waals surface area contributed by atoms with Crippen LogP contribution in [-0.4, -0.2) is 46.5 Å². The van der Waals surface area contributed by atoms with Gasteiger partial charge in [0.15, 0.2) is 0 Å². The van der Waals surface area contributed by atoms with Gasteiger partial charge in [-0.3, -0.25) is 14.9 Å². The molecular formula is C13H12BrN3O4. The Bertz CT molecular complexity index is 663. The van der Waals surface area contributed by atoms with Gasteiger partial charge < -0.3 is 15.3 Å². The van der Waals surface area contributed by atoms with Gasteiger partial charge in [-0.25, -0.2) is 4.79 Å². The number of rotatable bonds is 1. The van der Waals surface area contributed by atoms with E-state index < -0.39 is 17.5 Å². The highest BCUT2D eigenvalue weighted by atomic mass is 79.9. The first-order valence-corrected chi connectivity index (χ1v) is 7.12. The molecule has 3 rings (SSSR count). The summed E-state index contributed by atoms with van der Waals surface area (Å²) in [6.45, 7) is 0.490. The fourth-order valence-corrected chi connectivity index (χ4v) is 2.87. The highest BCUT2D eigenvalue weighted by Gasteiger charge is 2.51. The maximum atomic E-state index is 12.4. The second-order valence-electron chi connectivity index (χ2n) is 5.13. The number of hydrogen-bond donors (Lipinski definition) is 3. The highest BCUT2D eigenvalue weighted by molar-refractivity contribution is 9.10. The van der Waals surface area contributed by atoms with E-state index in [1.807, 2.05) is 0 Å². The zero-order chi connectivity index (χ0) is 15.2. The van der Waals surface area contributed by atoms with Crippen LogP contribution in [-0.2, 0) is 4.79 Å². The minimum atomic E-state index is -1.02. The number of hydrogen-bond acceptors (Lipinski definition) is 4. The summed E-state index contributed by atoms with van der Waals surface area (Å²) >= 11 is 3.15. The first kappa shape index (κ1) is 13.9. The molecule has 0 bridgehead atoms. The van der Waals surface area contributed by atoms with Crippen molar-refractivity contribution in [1.82, 2.24) is 15.5 Å². The van der Waals surface area contributed by atoms with Crippen LogP contribution in [0.2, 0.25) is 0 Å². The Morgan fingerprint density at radius 3 is 2.76 bits per heavy atom. The highest BCUT2D eigenvalue weighted by Crippen LogP contribution is 2.28. The molecule has 1 unspecified atom stereocenters. The van der Waals surface area contributed by atoms with Crippen LogP contribution in [0.4, 0.5) is 4.79 Å². The molecule has 1 aromatic carbocycles. The number of urea groups is 1. The van der Waals surface area contributed by atoms with Crippen molar-refractivity contribution in [2.45, 2.75) is 12.0 Å². The summed E-state index contributed by atoms with van der Waals surface area (Å²) < 4.78 is 0.499. The summed E-state index contributed by atoms with van der Waals surface area (Å²) in [5, 5.41) is 14.4. The Morgan fingerprint density at radius 1 is 1.38 bits per heavy atom. The average Bonchev–Trinajstić information content (AvgIpc) is 2.97. The molecule has 1 aromatic rings. The van der Waals surface area contributed by atoms with E-state index >= 15 is 0 Å². The third-order valence-electron chi connectivity index (χ3n) is 3.76. The van der Waals surface area contributed by atoms with E-state index in [0.29, 0.717) is 23.0 Å². The molecule has 2 aliphatic heterocycles. The largest absolute Gasteiger partial charge is 0.507 e. The van der Waals surface area contributed by atoms with Gasteiger partial charge in [0.05, 0.1) is 11.0 Å². The SMILES string of the molecule is O=C1NC(=O)C2(CCN(C(=O)c3ccc(Br)c(O)c3)C2)N1. The van der Waals surface area contributed by atoms with E-state index in [-0.39, 0.29) is 18.2 Å². The van der Waals surface area contributed by atoms with Crippen molar-refractivity contribution in [2.75, 3.05) is 13.1 Å². The van der Waals surface area contributed by atoms with Gasteiger partial charge in [-0.05, 0) is 40.5 Å². The van der Waals surface area contributed by atoms with E-state index in [9.17, 15) is 19.5 Å². The topological polar surface area (TPSA) is 98.7 Å². The number of benzene rings is 1. The number of phenolic OH excluding ortho intramolecular Hbond substituents is 1. The molecule has 1 spiro atoms. The fourth-order valence-electron chi connectivity index (χ4n) is 2.63. The van der Waals surface area contributed by atoms with Gasteiger partial charge in [-0.2, -0.15) is 0 Å². The first-order valence-electron chi connectivity index (χ1n) is 6.33. The van der Waals surface area contributed by atoms with Gasteiger partial charge in [0.25, 0.3) is 11.8 Å². The Balaban J connectivity index is 1.80. The summed E-state index contributed by atoms with van der Waals surface area (Å²) in [7, 11) is 0. The van der Waals surface area contributed by atoms with Crippen LogP contribution >= 0.6 is 15.9 Å². The van der Waals surface area contributed by atoms with Crippen molar-refractivity contribution in [2.24, 2.45) is 0 Å². The van der Waals surface area contributed by atoms with Crippen LogP contribution < -0.4 is 10.6 Å². The van der Waals surface area contributed by atoms with Gasteiger partial charge >= 0.3 is 6.03 Å². The normalized spacial score (nSPS) is 24.3. The van der Waals surface area contributed by atoms with Gasteiger partial charge in [0, 0.05) is 12.1 Å². The molecule has 21 heavy (non-hydrogen) atoms. The van der Waals surface area contributed by atoms with Crippen molar-refractivity contribution in [3.05, 3.63) is 28.2 Å². The molecule has 110 valence electrons. The predicted octanol–water partition coefficient (Wildman–Crippen LogP) is 0.579. The fraction of sp³-hybridized carbons (Fsp3) is 0.308. The summed E-state index contributed by atoms with van der Waals surface area (Å²) in [5.41, 5.74) is -0.693. The minimum Gasteiger partial charge on any atom is -0.507 e. The van der Waals surface area contributed by atoms with Crippen molar-refractivity contribution < 1.29 is 19.5 Å². The lowest BCUT2D eigenvalue weighted by Gasteiger charge is -2.21. The second kappa shape index (κ2) is 4.73. The number of nitrogens with zero attached hydrogens (tertiary/aromatic N) is 1. The number of amides is 4. The molecule has 2 aliphatic rings. The molecule has 8 heteroatoms. The van der Waals surface area contributed by atoms with Crippen molar-refractivity contribution in [3.8, 4) is 5.75 Å². The molecule has 2 fully saturated rings. The van der Waals surface area contributed by atoms with Gasteiger partial charge in [-0.1, -0.05) is 0 Å². The van der Waals surface area contributed by atoms with Crippen molar-refractivity contribution >= 4 is 33.8 Å². The number of carbonyl (C=O) groups excluding carboxylic acids is 3. The molecule has 4 amide bonds. The molecule has 0 radical (unpaired) electrons. The standard InChI is InChI=1S/C13H12BrN3O4/c14-8-2-1-7(5-9(8)18)10(19)17-4-3-13(6-17)11(20)15-12(21)16-13/h1-2,5,18H,3-4,6H2,(H2,15,16,20,21). The molecule has 0 saturated carbocycles. The Kier molecular flexibility index (Phi) is 3.12. The zero-order valence-electron chi connectivity index (χ0n) is 10.9. The van der Waals surface area contributed by atoms with Crippen LogP contribution in [0.25, 0.3) is 0 Å². The number of nitrogens with one attached hydrogen (secondary N) is 2. The maximum absolute atomic E-state index is 12.4. The lowest BCUT2D eigenvalue weighted by atomic mass is 9.99. The quantitative estimate of drug-likeness (QED) is 0.643. The van der Waals surface area contributed by atoms with Gasteiger partial charge in [0.2, 0.25) is 0 Å². The van der Waals surface area contributed by atoms with E-state index in [4.69, 9.17) is 0 Å². The van der Waals surface area contributed by atoms with Gasteiger partial charge in [-0.15, -0.1) is 0 Å². The van der Waals surface area contributed by atoms with Crippen LogP contribution in [0.15, 0.2) is 22.7 Å². The number of aromatic hydroxyl groups is 1. The molecule has 3 N–H and O–H groups in total. The molecule has 1 atom stereocenters. The van der Waals surface area contributed by atoms with E-state index in [1.165, 1.54) is 11.0 Å². The van der Waals surface area contributed by atoms with E-state index in [0.717, 1.165) is 0 Å². The summed E-state index contributed by atoms with van der Waals surface area (Å²) in [5.74, 6) is -0.716. The number of likely N-dealkylation sites (tertiary alicyclic amines) is 1. The number of imide groups is 1. The Hall–Kier alpha value is -2.09. The number of phenols is 1. The summed E-state index contributed by atoms with van der Waals surface area (Å²) in [4.78, 5) is 37.0. The molecule has 2 saturated heterocycles. The maximum Gasteiger partial charge on any atom is 0.322 e. The molecule has 0 aromatic heterocycles. The minimum absolute atomic E-state index is 0.0262. The van der Waals surface area contributed by atoms with Crippen LogP contribution in [0.3, 0.4) is 0 Å². The second-order valence-corrected chi connectivity index (χ2v) is 5.99. The Labute approximate surface area is 128 Å². The van der Waals surface area contributed by atoms with Crippen molar-refractivity contribution in [1.29, 1.82) is 0 Å².